The van der Waals surface area contributed by atoms with Gasteiger partial charge in [-0.15, -0.1) is 0 Å². The fourth-order valence-electron chi connectivity index (χ4n) is 6.93. The Labute approximate surface area is 269 Å². The molecule has 0 N–H and O–H groups in total. The summed E-state index contributed by atoms with van der Waals surface area (Å²) < 4.78 is 10.9. The second-order valence-corrected chi connectivity index (χ2v) is 11.9. The van der Waals surface area contributed by atoms with Crippen LogP contribution in [-0.2, 0) is 0 Å². The third kappa shape index (κ3) is 4.03. The monoisotopic (exact) mass is 602 g/mol. The zero-order chi connectivity index (χ0) is 30.9. The number of hydrogen-bond acceptors (Lipinski definition) is 3. The van der Waals surface area contributed by atoms with Crippen molar-refractivity contribution in [1.82, 2.24) is 18.8 Å². The van der Waals surface area contributed by atoms with E-state index in [1.54, 1.807) is 0 Å². The van der Waals surface area contributed by atoms with Crippen LogP contribution in [0.15, 0.2) is 158 Å². The van der Waals surface area contributed by atoms with Crippen LogP contribution >= 0.6 is 0 Å². The SMILES string of the molecule is c1ccc2c(c1)cc1c3ccccc3nc(-c3ccc(Oc4ccc(-c5nc6ccccc6c6cc7ccccc7n56)cc4)cc3)n21. The molecule has 0 atom stereocenters. The largest absolute Gasteiger partial charge is 0.457 e. The molecule has 5 nitrogen and oxygen atoms in total. The first-order valence-electron chi connectivity index (χ1n) is 15.8. The summed E-state index contributed by atoms with van der Waals surface area (Å²) in [7, 11) is 0. The minimum atomic E-state index is 0.763. The van der Waals surface area contributed by atoms with E-state index in [0.717, 1.165) is 78.1 Å². The van der Waals surface area contributed by atoms with Crippen molar-refractivity contribution in [1.29, 1.82) is 0 Å². The summed E-state index contributed by atoms with van der Waals surface area (Å²) in [6, 6.07) is 54.5. The lowest BCUT2D eigenvalue weighted by Gasteiger charge is -2.12. The van der Waals surface area contributed by atoms with E-state index < -0.39 is 0 Å². The number of benzene rings is 6. The van der Waals surface area contributed by atoms with Crippen LogP contribution in [0, 0.1) is 0 Å². The van der Waals surface area contributed by atoms with E-state index in [-0.39, 0.29) is 0 Å². The molecule has 0 aliphatic carbocycles. The molecule has 10 aromatic rings. The standard InChI is InChI=1S/C42H26N4O/c1-7-15-37-29(9-1)25-39-33-11-3-5-13-35(33)43-41(45(37)39)27-17-21-31(22-18-27)47-32-23-19-28(20-24-32)42-44-36-14-6-4-12-34(36)40-26-30-10-2-8-16-38(30)46(40)42/h1-26H. The van der Waals surface area contributed by atoms with Crippen LogP contribution in [0.3, 0.4) is 0 Å². The molecule has 220 valence electrons. The average molecular weight is 603 g/mol. The first-order chi connectivity index (χ1) is 23.3. The van der Waals surface area contributed by atoms with Gasteiger partial charge in [0.15, 0.2) is 0 Å². The predicted octanol–water partition coefficient (Wildman–Crippen LogP) is 10.7. The Hall–Kier alpha value is -6.46. The molecule has 0 aliphatic rings. The second-order valence-electron chi connectivity index (χ2n) is 11.9. The van der Waals surface area contributed by atoms with E-state index in [2.05, 4.69) is 130 Å². The zero-order valence-corrected chi connectivity index (χ0v) is 25.2. The Morgan fingerprint density at radius 3 is 1.26 bits per heavy atom. The van der Waals surface area contributed by atoms with E-state index in [1.165, 1.54) is 10.8 Å². The Morgan fingerprint density at radius 1 is 0.383 bits per heavy atom. The molecule has 0 bridgehead atoms. The Morgan fingerprint density at radius 2 is 0.787 bits per heavy atom. The van der Waals surface area contributed by atoms with Gasteiger partial charge in [0.25, 0.3) is 0 Å². The molecule has 4 heterocycles. The highest BCUT2D eigenvalue weighted by Gasteiger charge is 2.16. The highest BCUT2D eigenvalue weighted by atomic mass is 16.5. The van der Waals surface area contributed by atoms with Gasteiger partial charge in [-0.2, -0.15) is 0 Å². The molecule has 0 radical (unpaired) electrons. The lowest BCUT2D eigenvalue weighted by molar-refractivity contribution is 0.483. The van der Waals surface area contributed by atoms with Gasteiger partial charge in [-0.25, -0.2) is 9.97 Å². The van der Waals surface area contributed by atoms with Crippen molar-refractivity contribution in [2.75, 3.05) is 0 Å². The summed E-state index contributed by atoms with van der Waals surface area (Å²) in [6.07, 6.45) is 0. The third-order valence-electron chi connectivity index (χ3n) is 9.12. The van der Waals surface area contributed by atoms with Crippen molar-refractivity contribution >= 4 is 54.6 Å². The van der Waals surface area contributed by atoms with Crippen molar-refractivity contribution in [2.45, 2.75) is 0 Å². The lowest BCUT2D eigenvalue weighted by Crippen LogP contribution is -1.98. The van der Waals surface area contributed by atoms with Crippen molar-refractivity contribution in [3.05, 3.63) is 158 Å². The Kier molecular flexibility index (Phi) is 5.51. The van der Waals surface area contributed by atoms with Gasteiger partial charge in [0, 0.05) is 32.7 Å². The molecule has 0 saturated carbocycles. The molecular formula is C42H26N4O. The normalized spacial score (nSPS) is 11.8. The van der Waals surface area contributed by atoms with Gasteiger partial charge in [-0.3, -0.25) is 8.80 Å². The van der Waals surface area contributed by atoms with Crippen LogP contribution < -0.4 is 4.74 Å². The summed E-state index contributed by atoms with van der Waals surface area (Å²) in [4.78, 5) is 10.2. The molecule has 0 fully saturated rings. The summed E-state index contributed by atoms with van der Waals surface area (Å²) in [6.45, 7) is 0. The molecule has 0 unspecified atom stereocenters. The maximum atomic E-state index is 6.33. The van der Waals surface area contributed by atoms with Gasteiger partial charge >= 0.3 is 0 Å². The topological polar surface area (TPSA) is 43.8 Å². The summed E-state index contributed by atoms with van der Waals surface area (Å²) in [5.41, 5.74) is 8.58. The van der Waals surface area contributed by atoms with E-state index in [4.69, 9.17) is 14.7 Å². The number of ether oxygens (including phenoxy) is 1. The Bertz CT molecular complexity index is 2610. The van der Waals surface area contributed by atoms with Crippen LogP contribution in [-0.4, -0.2) is 18.8 Å². The van der Waals surface area contributed by atoms with Gasteiger partial charge < -0.3 is 4.74 Å². The second kappa shape index (κ2) is 10.0. The highest BCUT2D eigenvalue weighted by molar-refractivity contribution is 6.03. The summed E-state index contributed by atoms with van der Waals surface area (Å²) in [5, 5.41) is 4.67. The summed E-state index contributed by atoms with van der Waals surface area (Å²) >= 11 is 0. The fourth-order valence-corrected chi connectivity index (χ4v) is 6.93. The van der Waals surface area contributed by atoms with E-state index in [1.807, 2.05) is 36.4 Å². The van der Waals surface area contributed by atoms with Gasteiger partial charge in [-0.1, -0.05) is 72.8 Å². The highest BCUT2D eigenvalue weighted by Crippen LogP contribution is 2.35. The number of hydrogen-bond donors (Lipinski definition) is 0. The van der Waals surface area contributed by atoms with Crippen LogP contribution in [0.1, 0.15) is 0 Å². The first kappa shape index (κ1) is 25.8. The average Bonchev–Trinajstić information content (AvgIpc) is 3.72. The van der Waals surface area contributed by atoms with Gasteiger partial charge in [0.1, 0.15) is 23.1 Å². The van der Waals surface area contributed by atoms with Crippen LogP contribution in [0.2, 0.25) is 0 Å². The smallest absolute Gasteiger partial charge is 0.145 e. The van der Waals surface area contributed by atoms with E-state index >= 15 is 0 Å². The molecule has 5 heteroatoms. The molecule has 10 rings (SSSR count). The maximum Gasteiger partial charge on any atom is 0.145 e. The van der Waals surface area contributed by atoms with Gasteiger partial charge in [0.05, 0.1) is 33.1 Å². The van der Waals surface area contributed by atoms with Crippen LogP contribution in [0.25, 0.3) is 77.4 Å². The Balaban J connectivity index is 1.01. The molecular weight excluding hydrogens is 576 g/mol. The zero-order valence-electron chi connectivity index (χ0n) is 25.2. The van der Waals surface area contributed by atoms with Gasteiger partial charge in [0.2, 0.25) is 0 Å². The fraction of sp³-hybridized carbons (Fsp3) is 0. The van der Waals surface area contributed by atoms with Crippen molar-refractivity contribution < 1.29 is 4.74 Å². The molecule has 47 heavy (non-hydrogen) atoms. The number of fused-ring (bicyclic) bond motifs is 10. The number of rotatable bonds is 4. The predicted molar refractivity (Wildman–Crippen MR) is 191 cm³/mol. The van der Waals surface area contributed by atoms with Crippen LogP contribution in [0.5, 0.6) is 11.5 Å². The maximum absolute atomic E-state index is 6.33. The minimum absolute atomic E-state index is 0.763. The number of aromatic nitrogens is 4. The van der Waals surface area contributed by atoms with Crippen LogP contribution in [0.4, 0.5) is 0 Å². The van der Waals surface area contributed by atoms with Crippen molar-refractivity contribution in [3.8, 4) is 34.3 Å². The molecule has 4 aromatic heterocycles. The molecule has 0 spiro atoms. The third-order valence-corrected chi connectivity index (χ3v) is 9.12. The molecule has 0 amide bonds. The molecule has 0 aliphatic heterocycles. The van der Waals surface area contributed by atoms with Crippen molar-refractivity contribution in [3.63, 3.8) is 0 Å². The van der Waals surface area contributed by atoms with Crippen molar-refractivity contribution in [2.24, 2.45) is 0 Å². The molecule has 0 saturated heterocycles. The number of para-hydroxylation sites is 4. The summed E-state index contributed by atoms with van der Waals surface area (Å²) in [5.74, 6) is 3.34. The number of nitrogens with zero attached hydrogens (tertiary/aromatic N) is 4. The van der Waals surface area contributed by atoms with E-state index in [0.29, 0.717) is 0 Å². The quantitative estimate of drug-likeness (QED) is 0.201. The van der Waals surface area contributed by atoms with Gasteiger partial charge in [-0.05, 0) is 84.9 Å². The molecule has 6 aromatic carbocycles. The van der Waals surface area contributed by atoms with E-state index in [9.17, 15) is 0 Å². The first-order valence-corrected chi connectivity index (χ1v) is 15.8. The minimum Gasteiger partial charge on any atom is -0.457 e. The lowest BCUT2D eigenvalue weighted by atomic mass is 10.1.